The lowest BCUT2D eigenvalue weighted by Gasteiger charge is -2.26. The van der Waals surface area contributed by atoms with Crippen LogP contribution in [0, 0.1) is 48.5 Å². The average molecular weight is 730 g/mol. The molecule has 0 amide bonds. The molecule has 0 radical (unpaired) electrons. The Hall–Kier alpha value is -5.02. The molecule has 6 rings (SSSR count). The highest BCUT2D eigenvalue weighted by molar-refractivity contribution is 7.43. The van der Waals surface area contributed by atoms with E-state index >= 15 is 0 Å². The third-order valence-corrected chi connectivity index (χ3v) is 10.3. The fraction of sp³-hybridized carbons (Fsp3) is 0.182. The molecule has 0 spiro atoms. The van der Waals surface area contributed by atoms with Gasteiger partial charge in [0.05, 0.1) is 5.75 Å². The number of hydrogen-bond donors (Lipinski definition) is 0. The molecule has 6 nitrogen and oxygen atoms in total. The van der Waals surface area contributed by atoms with Crippen LogP contribution in [0.15, 0.2) is 121 Å². The Balaban J connectivity index is 1.43. The van der Waals surface area contributed by atoms with Crippen LogP contribution >= 0.6 is 17.4 Å². The Labute approximate surface area is 310 Å². The van der Waals surface area contributed by atoms with Crippen molar-refractivity contribution in [3.05, 3.63) is 166 Å². The zero-order chi connectivity index (χ0) is 36.6. The maximum atomic E-state index is 6.87. The van der Waals surface area contributed by atoms with E-state index in [1.807, 2.05) is 132 Å². The van der Waals surface area contributed by atoms with E-state index in [1.54, 1.807) is 0 Å². The summed E-state index contributed by atoms with van der Waals surface area (Å²) in [7, 11) is -1.21. The summed E-state index contributed by atoms with van der Waals surface area (Å²) in [6.45, 7) is 14.2. The van der Waals surface area contributed by atoms with Crippen LogP contribution < -0.4 is 27.9 Å². The van der Waals surface area contributed by atoms with Crippen molar-refractivity contribution in [3.63, 3.8) is 0 Å². The summed E-state index contributed by atoms with van der Waals surface area (Å²) >= 11 is 0. The minimum atomic E-state index is -1.96. The quantitative estimate of drug-likeness (QED) is 0.0632. The molecule has 6 aromatic carbocycles. The van der Waals surface area contributed by atoms with Crippen LogP contribution in [0.5, 0.6) is 34.5 Å². The summed E-state index contributed by atoms with van der Waals surface area (Å²) in [5.74, 6) is 4.06. The smallest absolute Gasteiger partial charge is 0.530 e. The second kappa shape index (κ2) is 17.0. The SMILES string of the molecule is Cc1cc(C)c(OP(Oc2ccccc2C)Oc2ccccc2C)c(-c2cc(C)cc(C[P-]Oc3ccccc3C)c2OOc2ccccc2C)c1. The summed E-state index contributed by atoms with van der Waals surface area (Å²) in [5.41, 5.74) is 9.62. The zero-order valence-corrected chi connectivity index (χ0v) is 32.4. The lowest BCUT2D eigenvalue weighted by Crippen LogP contribution is -2.08. The summed E-state index contributed by atoms with van der Waals surface area (Å²) in [5, 5.41) is 0. The van der Waals surface area contributed by atoms with Gasteiger partial charge in [0.1, 0.15) is 17.2 Å². The van der Waals surface area contributed by atoms with Gasteiger partial charge in [-0.2, -0.15) is 0 Å². The van der Waals surface area contributed by atoms with E-state index in [0.717, 1.165) is 70.2 Å². The first-order valence-corrected chi connectivity index (χ1v) is 19.3. The standard InChI is InChI=1S/C44H43O6P2/c1-29-24-35(7)43(50-52(48-41-22-14-10-18-33(41)5)49-42-23-15-11-19-34(42)6)37(26-29)38-27-30(2)25-36(28-51-47-40-21-13-9-17-32(40)4)44(38)46-45-39-20-12-8-16-31(39)3/h8-27H,28H2,1-7H3/q-1. The third-order valence-electron chi connectivity index (χ3n) is 8.52. The fourth-order valence-corrected chi connectivity index (χ4v) is 7.73. The van der Waals surface area contributed by atoms with Crippen LogP contribution in [0.1, 0.15) is 44.5 Å². The van der Waals surface area contributed by atoms with E-state index < -0.39 is 8.60 Å². The summed E-state index contributed by atoms with van der Waals surface area (Å²) in [4.78, 5) is 12.4. The molecule has 0 saturated carbocycles. The zero-order valence-electron chi connectivity index (χ0n) is 30.6. The van der Waals surface area contributed by atoms with E-state index in [9.17, 15) is 0 Å². The Morgan fingerprint density at radius 2 is 0.904 bits per heavy atom. The predicted octanol–water partition coefficient (Wildman–Crippen LogP) is 13.1. The number of para-hydroxylation sites is 4. The molecule has 266 valence electrons. The van der Waals surface area contributed by atoms with E-state index in [1.165, 1.54) is 0 Å². The molecule has 0 N–H and O–H groups in total. The largest absolute Gasteiger partial charge is 0.669 e. The van der Waals surface area contributed by atoms with E-state index in [4.69, 9.17) is 27.9 Å². The lowest BCUT2D eigenvalue weighted by molar-refractivity contribution is -0.101. The number of hydrogen-bond acceptors (Lipinski definition) is 6. The molecule has 0 aliphatic heterocycles. The molecule has 0 unspecified atom stereocenters. The van der Waals surface area contributed by atoms with Crippen LogP contribution in [0.3, 0.4) is 0 Å². The highest BCUT2D eigenvalue weighted by atomic mass is 31.2. The second-order valence-electron chi connectivity index (χ2n) is 12.9. The molecule has 6 aromatic rings. The molecular weight excluding hydrogens is 686 g/mol. The highest BCUT2D eigenvalue weighted by Crippen LogP contribution is 2.50. The van der Waals surface area contributed by atoms with Gasteiger partial charge in [0.25, 0.3) is 0 Å². The van der Waals surface area contributed by atoms with E-state index in [2.05, 4.69) is 38.1 Å². The Morgan fingerprint density at radius 3 is 1.44 bits per heavy atom. The van der Waals surface area contributed by atoms with Crippen LogP contribution in [-0.2, 0) is 6.16 Å². The topological polar surface area (TPSA) is 55.4 Å². The summed E-state index contributed by atoms with van der Waals surface area (Å²) < 4.78 is 26.2. The first-order chi connectivity index (χ1) is 25.2. The maximum absolute atomic E-state index is 6.87. The molecule has 8 heteroatoms. The minimum Gasteiger partial charge on any atom is -0.669 e. The maximum Gasteiger partial charge on any atom is 0.530 e. The van der Waals surface area contributed by atoms with Gasteiger partial charge in [0.15, 0.2) is 11.5 Å². The molecule has 0 fully saturated rings. The Kier molecular flexibility index (Phi) is 12.0. The van der Waals surface area contributed by atoms with Crippen LogP contribution in [0.25, 0.3) is 11.1 Å². The van der Waals surface area contributed by atoms with Crippen LogP contribution in [0.4, 0.5) is 0 Å². The van der Waals surface area contributed by atoms with Gasteiger partial charge in [-0.05, 0) is 124 Å². The van der Waals surface area contributed by atoms with E-state index in [-0.39, 0.29) is 0 Å². The van der Waals surface area contributed by atoms with Crippen molar-refractivity contribution < 1.29 is 27.9 Å². The number of benzene rings is 6. The molecule has 0 aliphatic rings. The average Bonchev–Trinajstić information content (AvgIpc) is 3.12. The van der Waals surface area contributed by atoms with Crippen molar-refractivity contribution >= 4 is 17.4 Å². The highest BCUT2D eigenvalue weighted by Gasteiger charge is 2.27. The van der Waals surface area contributed by atoms with Crippen LogP contribution in [0.2, 0.25) is 0 Å². The summed E-state index contributed by atoms with van der Waals surface area (Å²) in [6, 6.07) is 40.0. The van der Waals surface area contributed by atoms with Crippen molar-refractivity contribution in [3.8, 4) is 45.6 Å². The predicted molar refractivity (Wildman–Crippen MR) is 212 cm³/mol. The Bertz CT molecular complexity index is 2120. The van der Waals surface area contributed by atoms with E-state index in [0.29, 0.717) is 34.9 Å². The molecule has 0 aliphatic carbocycles. The van der Waals surface area contributed by atoms with Crippen LogP contribution in [-0.4, -0.2) is 0 Å². The normalized spacial score (nSPS) is 11.2. The van der Waals surface area contributed by atoms with Crippen molar-refractivity contribution in [1.29, 1.82) is 0 Å². The molecular formula is C44H43O6P2-. The van der Waals surface area contributed by atoms with Gasteiger partial charge in [-0.15, -0.1) is 6.16 Å². The van der Waals surface area contributed by atoms with Gasteiger partial charge < -0.3 is 26.9 Å². The van der Waals surface area contributed by atoms with Gasteiger partial charge in [-0.1, -0.05) is 90.5 Å². The van der Waals surface area contributed by atoms with Crippen molar-refractivity contribution in [2.45, 2.75) is 54.6 Å². The van der Waals surface area contributed by atoms with Gasteiger partial charge in [-0.3, -0.25) is 9.78 Å². The third kappa shape index (κ3) is 9.06. The Morgan fingerprint density at radius 1 is 0.442 bits per heavy atom. The fourth-order valence-electron chi connectivity index (χ4n) is 5.72. The van der Waals surface area contributed by atoms with Gasteiger partial charge >= 0.3 is 8.60 Å². The molecule has 0 atom stereocenters. The van der Waals surface area contributed by atoms with Crippen molar-refractivity contribution in [1.82, 2.24) is 0 Å². The first-order valence-electron chi connectivity index (χ1n) is 17.2. The molecule has 0 bridgehead atoms. The number of rotatable bonds is 14. The van der Waals surface area contributed by atoms with Crippen molar-refractivity contribution in [2.24, 2.45) is 0 Å². The number of aryl methyl sites for hydroxylation is 7. The monoisotopic (exact) mass is 729 g/mol. The molecule has 0 saturated heterocycles. The lowest BCUT2D eigenvalue weighted by atomic mass is 9.95. The first kappa shape index (κ1) is 36.8. The molecule has 52 heavy (non-hydrogen) atoms. The van der Waals surface area contributed by atoms with Gasteiger partial charge in [-0.25, -0.2) is 0 Å². The summed E-state index contributed by atoms with van der Waals surface area (Å²) in [6.07, 6.45) is 0.552. The van der Waals surface area contributed by atoms with Gasteiger partial charge in [0, 0.05) is 11.1 Å². The van der Waals surface area contributed by atoms with Crippen molar-refractivity contribution in [2.75, 3.05) is 0 Å². The molecule has 0 heterocycles. The second-order valence-corrected chi connectivity index (χ2v) is 14.6. The minimum absolute atomic E-state index is 0.552. The van der Waals surface area contributed by atoms with Gasteiger partial charge in [0.2, 0.25) is 0 Å². The molecule has 0 aromatic heterocycles.